The van der Waals surface area contributed by atoms with E-state index >= 15 is 0 Å². The van der Waals surface area contributed by atoms with Crippen molar-refractivity contribution in [1.29, 1.82) is 0 Å². The minimum absolute atomic E-state index is 0.287. The number of rotatable bonds is 6. The van der Waals surface area contributed by atoms with Crippen LogP contribution < -0.4 is 10.5 Å². The second kappa shape index (κ2) is 6.51. The first-order valence-corrected chi connectivity index (χ1v) is 5.75. The zero-order chi connectivity index (χ0) is 12.0. The zero-order valence-electron chi connectivity index (χ0n) is 10.0. The molecule has 0 spiro atoms. The number of para-hydroxylation sites is 1. The van der Waals surface area contributed by atoms with Crippen LogP contribution in [-0.4, -0.2) is 24.4 Å². The maximum atomic E-state index is 9.31. The fourth-order valence-corrected chi connectivity index (χ4v) is 1.51. The van der Waals surface area contributed by atoms with Gasteiger partial charge in [0, 0.05) is 13.0 Å². The summed E-state index contributed by atoms with van der Waals surface area (Å²) in [4.78, 5) is 0. The van der Waals surface area contributed by atoms with E-state index < -0.39 is 6.10 Å². The van der Waals surface area contributed by atoms with Gasteiger partial charge in [-0.1, -0.05) is 32.0 Å². The van der Waals surface area contributed by atoms with Gasteiger partial charge < -0.3 is 15.6 Å². The minimum Gasteiger partial charge on any atom is -0.493 e. The Kier molecular flexibility index (Phi) is 5.29. The molecule has 16 heavy (non-hydrogen) atoms. The van der Waals surface area contributed by atoms with Crippen molar-refractivity contribution in [2.24, 2.45) is 5.73 Å². The Hall–Kier alpha value is -1.06. The quantitative estimate of drug-likeness (QED) is 0.774. The molecule has 3 heteroatoms. The topological polar surface area (TPSA) is 55.5 Å². The Labute approximate surface area is 97.2 Å². The van der Waals surface area contributed by atoms with Gasteiger partial charge in [-0.05, 0) is 17.5 Å². The summed E-state index contributed by atoms with van der Waals surface area (Å²) in [6.45, 7) is 5.06. The molecule has 1 rings (SSSR count). The number of hydrogen-bond acceptors (Lipinski definition) is 3. The van der Waals surface area contributed by atoms with Crippen molar-refractivity contribution in [3.8, 4) is 5.75 Å². The maximum absolute atomic E-state index is 9.31. The third-order valence-electron chi connectivity index (χ3n) is 2.52. The monoisotopic (exact) mass is 223 g/mol. The largest absolute Gasteiger partial charge is 0.493 e. The molecule has 0 aliphatic rings. The Morgan fingerprint density at radius 2 is 2.00 bits per heavy atom. The maximum Gasteiger partial charge on any atom is 0.122 e. The minimum atomic E-state index is -0.466. The van der Waals surface area contributed by atoms with Crippen molar-refractivity contribution in [2.75, 3.05) is 13.2 Å². The SMILES string of the molecule is CC(C)c1ccccc1OCCC(O)CN. The zero-order valence-corrected chi connectivity index (χ0v) is 10.0. The molecular weight excluding hydrogens is 202 g/mol. The van der Waals surface area contributed by atoms with Gasteiger partial charge in [0.25, 0.3) is 0 Å². The highest BCUT2D eigenvalue weighted by Crippen LogP contribution is 2.25. The molecule has 0 saturated carbocycles. The van der Waals surface area contributed by atoms with Crippen LogP contribution in [0.1, 0.15) is 31.7 Å². The van der Waals surface area contributed by atoms with E-state index in [-0.39, 0.29) is 6.54 Å². The van der Waals surface area contributed by atoms with Crippen LogP contribution in [0.5, 0.6) is 5.75 Å². The molecule has 1 atom stereocenters. The predicted molar refractivity (Wildman–Crippen MR) is 65.7 cm³/mol. The highest BCUT2D eigenvalue weighted by molar-refractivity contribution is 5.35. The van der Waals surface area contributed by atoms with Crippen molar-refractivity contribution < 1.29 is 9.84 Å². The summed E-state index contributed by atoms with van der Waals surface area (Å²) in [5.41, 5.74) is 6.52. The number of aliphatic hydroxyl groups excluding tert-OH is 1. The van der Waals surface area contributed by atoms with E-state index in [9.17, 15) is 5.11 Å². The average Bonchev–Trinajstić information content (AvgIpc) is 2.29. The molecule has 3 nitrogen and oxygen atoms in total. The molecule has 0 aliphatic carbocycles. The summed E-state index contributed by atoms with van der Waals surface area (Å²) in [6.07, 6.45) is 0.106. The second-order valence-electron chi connectivity index (χ2n) is 4.22. The molecule has 0 aliphatic heterocycles. The van der Waals surface area contributed by atoms with Crippen LogP contribution >= 0.6 is 0 Å². The molecule has 0 amide bonds. The van der Waals surface area contributed by atoms with Crippen molar-refractivity contribution in [2.45, 2.75) is 32.3 Å². The Morgan fingerprint density at radius 1 is 1.31 bits per heavy atom. The van der Waals surface area contributed by atoms with Gasteiger partial charge in [0.2, 0.25) is 0 Å². The number of ether oxygens (including phenoxy) is 1. The van der Waals surface area contributed by atoms with Crippen LogP contribution in [0.3, 0.4) is 0 Å². The van der Waals surface area contributed by atoms with Crippen LogP contribution in [0.2, 0.25) is 0 Å². The van der Waals surface area contributed by atoms with Crippen LogP contribution in [0.15, 0.2) is 24.3 Å². The van der Waals surface area contributed by atoms with E-state index in [1.807, 2.05) is 18.2 Å². The standard InChI is InChI=1S/C13H21NO2/c1-10(2)12-5-3-4-6-13(12)16-8-7-11(15)9-14/h3-6,10-11,15H,7-9,14H2,1-2H3. The summed E-state index contributed by atoms with van der Waals surface area (Å²) in [5.74, 6) is 1.34. The molecule has 90 valence electrons. The normalized spacial score (nSPS) is 12.8. The van der Waals surface area contributed by atoms with E-state index in [0.29, 0.717) is 18.9 Å². The third kappa shape index (κ3) is 3.83. The van der Waals surface area contributed by atoms with Crippen molar-refractivity contribution in [1.82, 2.24) is 0 Å². The second-order valence-corrected chi connectivity index (χ2v) is 4.22. The molecule has 0 radical (unpaired) electrons. The average molecular weight is 223 g/mol. The van der Waals surface area contributed by atoms with E-state index in [1.54, 1.807) is 0 Å². The van der Waals surface area contributed by atoms with Crippen LogP contribution in [0, 0.1) is 0 Å². The van der Waals surface area contributed by atoms with Crippen LogP contribution in [-0.2, 0) is 0 Å². The molecule has 0 bridgehead atoms. The first-order valence-electron chi connectivity index (χ1n) is 5.75. The number of hydrogen-bond donors (Lipinski definition) is 2. The van der Waals surface area contributed by atoms with Gasteiger partial charge in [-0.2, -0.15) is 0 Å². The number of aliphatic hydroxyl groups is 1. The molecule has 3 N–H and O–H groups in total. The van der Waals surface area contributed by atoms with Crippen molar-refractivity contribution >= 4 is 0 Å². The lowest BCUT2D eigenvalue weighted by atomic mass is 10.0. The number of benzene rings is 1. The van der Waals surface area contributed by atoms with Gasteiger partial charge >= 0.3 is 0 Å². The molecule has 0 fully saturated rings. The van der Waals surface area contributed by atoms with Gasteiger partial charge in [0.1, 0.15) is 5.75 Å². The third-order valence-corrected chi connectivity index (χ3v) is 2.52. The predicted octanol–water partition coefficient (Wildman–Crippen LogP) is 1.90. The summed E-state index contributed by atoms with van der Waals surface area (Å²) >= 11 is 0. The van der Waals surface area contributed by atoms with E-state index in [2.05, 4.69) is 19.9 Å². The molecule has 0 saturated heterocycles. The Bertz CT molecular complexity index is 313. The first-order chi connectivity index (χ1) is 7.65. The van der Waals surface area contributed by atoms with Crippen LogP contribution in [0.25, 0.3) is 0 Å². The molecule has 1 aromatic carbocycles. The summed E-state index contributed by atoms with van der Waals surface area (Å²) < 4.78 is 5.66. The lowest BCUT2D eigenvalue weighted by Gasteiger charge is -2.14. The van der Waals surface area contributed by atoms with Gasteiger partial charge in [0.15, 0.2) is 0 Å². The molecule has 0 heterocycles. The van der Waals surface area contributed by atoms with Gasteiger partial charge in [0.05, 0.1) is 12.7 Å². The fraction of sp³-hybridized carbons (Fsp3) is 0.538. The molecule has 1 unspecified atom stereocenters. The smallest absolute Gasteiger partial charge is 0.122 e. The molecule has 1 aromatic rings. The number of nitrogens with two attached hydrogens (primary N) is 1. The van der Waals surface area contributed by atoms with Gasteiger partial charge in [-0.25, -0.2) is 0 Å². The lowest BCUT2D eigenvalue weighted by molar-refractivity contribution is 0.145. The van der Waals surface area contributed by atoms with E-state index in [0.717, 1.165) is 5.75 Å². The first kappa shape index (κ1) is 13.0. The van der Waals surface area contributed by atoms with Gasteiger partial charge in [-0.15, -0.1) is 0 Å². The lowest BCUT2D eigenvalue weighted by Crippen LogP contribution is -2.22. The Balaban J connectivity index is 2.53. The summed E-state index contributed by atoms with van der Waals surface area (Å²) in [5, 5.41) is 9.31. The highest BCUT2D eigenvalue weighted by atomic mass is 16.5. The summed E-state index contributed by atoms with van der Waals surface area (Å²) in [6, 6.07) is 8.00. The molecule has 0 aromatic heterocycles. The van der Waals surface area contributed by atoms with E-state index in [1.165, 1.54) is 5.56 Å². The molecular formula is C13H21NO2. The van der Waals surface area contributed by atoms with Crippen molar-refractivity contribution in [3.05, 3.63) is 29.8 Å². The summed E-state index contributed by atoms with van der Waals surface area (Å²) in [7, 11) is 0. The Morgan fingerprint density at radius 3 is 2.62 bits per heavy atom. The van der Waals surface area contributed by atoms with Gasteiger partial charge in [-0.3, -0.25) is 0 Å². The van der Waals surface area contributed by atoms with Crippen molar-refractivity contribution in [3.63, 3.8) is 0 Å². The highest BCUT2D eigenvalue weighted by Gasteiger charge is 2.07. The van der Waals surface area contributed by atoms with E-state index in [4.69, 9.17) is 10.5 Å². The van der Waals surface area contributed by atoms with Crippen LogP contribution in [0.4, 0.5) is 0 Å². The fourth-order valence-electron chi connectivity index (χ4n) is 1.51.